The van der Waals surface area contributed by atoms with Crippen molar-refractivity contribution in [3.63, 3.8) is 0 Å². The van der Waals surface area contributed by atoms with Gasteiger partial charge >= 0.3 is 5.97 Å². The molecule has 25 heavy (non-hydrogen) atoms. The number of carbonyl (C=O) groups excluding carboxylic acids is 2. The lowest BCUT2D eigenvalue weighted by atomic mass is 9.95. The predicted molar refractivity (Wildman–Crippen MR) is 89.8 cm³/mol. The third-order valence-electron chi connectivity index (χ3n) is 4.95. The largest absolute Gasteiger partial charge is 0.480 e. The number of pyridine rings is 1. The zero-order valence-electron chi connectivity index (χ0n) is 14.3. The average Bonchev–Trinajstić information content (AvgIpc) is 3.46. The van der Waals surface area contributed by atoms with E-state index in [1.165, 1.54) is 4.90 Å². The van der Waals surface area contributed by atoms with Crippen molar-refractivity contribution in [3.05, 3.63) is 30.1 Å². The van der Waals surface area contributed by atoms with E-state index in [0.29, 0.717) is 25.1 Å². The summed E-state index contributed by atoms with van der Waals surface area (Å²) >= 11 is 0. The molecule has 0 radical (unpaired) electrons. The highest BCUT2D eigenvalue weighted by atomic mass is 16.4. The topological polar surface area (TPSA) is 90.8 Å². The highest BCUT2D eigenvalue weighted by Gasteiger charge is 2.42. The number of aliphatic carboxylic acids is 1. The first-order valence-electron chi connectivity index (χ1n) is 8.73. The van der Waals surface area contributed by atoms with Gasteiger partial charge in [-0.15, -0.1) is 0 Å². The van der Waals surface area contributed by atoms with Crippen molar-refractivity contribution in [3.8, 4) is 0 Å². The van der Waals surface area contributed by atoms with Gasteiger partial charge in [0, 0.05) is 37.1 Å². The number of hydrogen-bond acceptors (Lipinski definition) is 4. The second-order valence-electron chi connectivity index (χ2n) is 6.82. The highest BCUT2D eigenvalue weighted by molar-refractivity contribution is 5.94. The first-order chi connectivity index (χ1) is 12.0. The van der Waals surface area contributed by atoms with Gasteiger partial charge in [0.1, 0.15) is 6.04 Å². The molecule has 134 valence electrons. The molecule has 0 bridgehead atoms. The standard InChI is InChI=1S/C18H23N3O4/c1-12(18(24)25)21(15-4-5-15)17(23)14-3-2-10-20(11-14)16(22)13-6-8-19-9-7-13/h6-9,12,14-15H,2-5,10-11H2,1H3,(H,24,25). The summed E-state index contributed by atoms with van der Waals surface area (Å²) in [5.74, 6) is -1.56. The van der Waals surface area contributed by atoms with Crippen molar-refractivity contribution in [2.45, 2.75) is 44.7 Å². The van der Waals surface area contributed by atoms with Crippen LogP contribution in [0.4, 0.5) is 0 Å². The van der Waals surface area contributed by atoms with Crippen LogP contribution in [0.2, 0.25) is 0 Å². The van der Waals surface area contributed by atoms with Crippen molar-refractivity contribution >= 4 is 17.8 Å². The second-order valence-corrected chi connectivity index (χ2v) is 6.82. The number of carboxylic acids is 1. The first-order valence-corrected chi connectivity index (χ1v) is 8.73. The minimum Gasteiger partial charge on any atom is -0.480 e. The monoisotopic (exact) mass is 345 g/mol. The van der Waals surface area contributed by atoms with Gasteiger partial charge in [-0.25, -0.2) is 4.79 Å². The Bertz CT molecular complexity index is 660. The number of carbonyl (C=O) groups is 3. The number of piperidine rings is 1. The molecule has 1 N–H and O–H groups in total. The van der Waals surface area contributed by atoms with Gasteiger partial charge in [-0.05, 0) is 44.7 Å². The number of nitrogens with zero attached hydrogens (tertiary/aromatic N) is 3. The lowest BCUT2D eigenvalue weighted by molar-refractivity contribution is -0.152. The lowest BCUT2D eigenvalue weighted by Gasteiger charge is -2.36. The Kier molecular flexibility index (Phi) is 5.01. The van der Waals surface area contributed by atoms with Crippen LogP contribution in [0.15, 0.2) is 24.5 Å². The molecular formula is C18H23N3O4. The highest BCUT2D eigenvalue weighted by Crippen LogP contribution is 2.32. The fourth-order valence-electron chi connectivity index (χ4n) is 3.41. The summed E-state index contributed by atoms with van der Waals surface area (Å²) in [4.78, 5) is 44.0. The Morgan fingerprint density at radius 3 is 2.52 bits per heavy atom. The van der Waals surface area contributed by atoms with E-state index in [0.717, 1.165) is 19.3 Å². The number of rotatable bonds is 5. The van der Waals surface area contributed by atoms with Crippen LogP contribution in [-0.2, 0) is 9.59 Å². The minimum atomic E-state index is -0.985. The van der Waals surface area contributed by atoms with Crippen molar-refractivity contribution in [1.82, 2.24) is 14.8 Å². The zero-order valence-corrected chi connectivity index (χ0v) is 14.3. The van der Waals surface area contributed by atoms with Crippen molar-refractivity contribution in [1.29, 1.82) is 0 Å². The van der Waals surface area contributed by atoms with E-state index in [2.05, 4.69) is 4.98 Å². The quantitative estimate of drug-likeness (QED) is 0.871. The molecule has 7 nitrogen and oxygen atoms in total. The van der Waals surface area contributed by atoms with E-state index in [4.69, 9.17) is 0 Å². The molecule has 1 aliphatic heterocycles. The summed E-state index contributed by atoms with van der Waals surface area (Å²) < 4.78 is 0. The summed E-state index contributed by atoms with van der Waals surface area (Å²) in [6, 6.07) is 2.53. The fourth-order valence-corrected chi connectivity index (χ4v) is 3.41. The third kappa shape index (κ3) is 3.81. The van der Waals surface area contributed by atoms with Crippen LogP contribution in [0, 0.1) is 5.92 Å². The van der Waals surface area contributed by atoms with E-state index in [1.54, 1.807) is 36.4 Å². The third-order valence-corrected chi connectivity index (χ3v) is 4.95. The first kappa shape index (κ1) is 17.4. The SMILES string of the molecule is CC(C(=O)O)N(C(=O)C1CCCN(C(=O)c2ccncc2)C1)C1CC1. The van der Waals surface area contributed by atoms with Gasteiger partial charge in [-0.2, -0.15) is 0 Å². The van der Waals surface area contributed by atoms with E-state index in [1.807, 2.05) is 0 Å². The molecule has 2 amide bonds. The summed E-state index contributed by atoms with van der Waals surface area (Å²) in [5, 5.41) is 9.30. The maximum atomic E-state index is 12.9. The average molecular weight is 345 g/mol. The predicted octanol–water partition coefficient (Wildman–Crippen LogP) is 1.40. The molecule has 1 saturated carbocycles. The Morgan fingerprint density at radius 1 is 1.24 bits per heavy atom. The van der Waals surface area contributed by atoms with Crippen LogP contribution in [0.5, 0.6) is 0 Å². The molecule has 0 spiro atoms. The summed E-state index contributed by atoms with van der Waals surface area (Å²) in [5.41, 5.74) is 0.557. The fraction of sp³-hybridized carbons (Fsp3) is 0.556. The molecule has 2 heterocycles. The van der Waals surface area contributed by atoms with Crippen LogP contribution in [0.1, 0.15) is 43.0 Å². The molecule has 1 aliphatic carbocycles. The lowest BCUT2D eigenvalue weighted by Crippen LogP contribution is -2.51. The molecule has 1 aromatic rings. The molecule has 1 aromatic heterocycles. The van der Waals surface area contributed by atoms with E-state index < -0.39 is 12.0 Å². The number of aromatic nitrogens is 1. The van der Waals surface area contributed by atoms with E-state index in [9.17, 15) is 19.5 Å². The van der Waals surface area contributed by atoms with Gasteiger partial charge in [0.15, 0.2) is 0 Å². The molecule has 0 aromatic carbocycles. The smallest absolute Gasteiger partial charge is 0.326 e. The molecule has 2 aliphatic rings. The van der Waals surface area contributed by atoms with Gasteiger partial charge in [0.25, 0.3) is 5.91 Å². The number of amides is 2. The van der Waals surface area contributed by atoms with Crippen molar-refractivity contribution < 1.29 is 19.5 Å². The zero-order chi connectivity index (χ0) is 18.0. The van der Waals surface area contributed by atoms with Gasteiger partial charge < -0.3 is 14.9 Å². The molecule has 2 unspecified atom stereocenters. The molecule has 7 heteroatoms. The molecule has 2 atom stereocenters. The molecule has 2 fully saturated rings. The van der Waals surface area contributed by atoms with Crippen molar-refractivity contribution in [2.75, 3.05) is 13.1 Å². The van der Waals surface area contributed by atoms with E-state index >= 15 is 0 Å². The van der Waals surface area contributed by atoms with Crippen LogP contribution in [0.25, 0.3) is 0 Å². The van der Waals surface area contributed by atoms with E-state index in [-0.39, 0.29) is 23.8 Å². The molecule has 3 rings (SSSR count). The van der Waals surface area contributed by atoms with Gasteiger partial charge in [-0.1, -0.05) is 0 Å². The van der Waals surface area contributed by atoms with Crippen LogP contribution in [-0.4, -0.2) is 62.8 Å². The minimum absolute atomic E-state index is 0.0323. The number of carboxylic acid groups (broad SMARTS) is 1. The van der Waals surface area contributed by atoms with Crippen LogP contribution >= 0.6 is 0 Å². The summed E-state index contributed by atoms with van der Waals surface area (Å²) in [6.45, 7) is 2.51. The summed E-state index contributed by atoms with van der Waals surface area (Å²) in [7, 11) is 0. The number of likely N-dealkylation sites (tertiary alicyclic amines) is 1. The van der Waals surface area contributed by atoms with Gasteiger partial charge in [0.2, 0.25) is 5.91 Å². The maximum absolute atomic E-state index is 12.9. The van der Waals surface area contributed by atoms with Crippen molar-refractivity contribution in [2.24, 2.45) is 5.92 Å². The van der Waals surface area contributed by atoms with Gasteiger partial charge in [-0.3, -0.25) is 14.6 Å². The normalized spacial score (nSPS) is 21.5. The van der Waals surface area contributed by atoms with Crippen LogP contribution in [0.3, 0.4) is 0 Å². The Labute approximate surface area is 146 Å². The summed E-state index contributed by atoms with van der Waals surface area (Å²) in [6.07, 6.45) is 6.29. The Hall–Kier alpha value is -2.44. The Morgan fingerprint density at radius 2 is 1.92 bits per heavy atom. The second kappa shape index (κ2) is 7.21. The Balaban J connectivity index is 1.71. The van der Waals surface area contributed by atoms with Gasteiger partial charge in [0.05, 0.1) is 5.92 Å². The van der Waals surface area contributed by atoms with Crippen LogP contribution < -0.4 is 0 Å². The number of hydrogen-bond donors (Lipinski definition) is 1. The molecule has 1 saturated heterocycles. The maximum Gasteiger partial charge on any atom is 0.326 e. The molecular weight excluding hydrogens is 322 g/mol.